The number of nitrogens with zero attached hydrogens (tertiary/aromatic N) is 2. The fraction of sp³-hybridized carbons (Fsp3) is 0.481. The smallest absolute Gasteiger partial charge is 0.379 e. The maximum atomic E-state index is 13.6. The van der Waals surface area contributed by atoms with Crippen molar-refractivity contribution in [1.82, 2.24) is 4.90 Å². The number of halogens is 6. The van der Waals surface area contributed by atoms with Crippen LogP contribution < -0.4 is 10.2 Å². The number of rotatable bonds is 8. The molecule has 0 bridgehead atoms. The number of alkyl halides is 6. The van der Waals surface area contributed by atoms with Crippen LogP contribution in [0.3, 0.4) is 0 Å². The standard InChI is InChI=1S/C27H31F6N3O3/c1-17-5-4-6-18(2)24(17)36(8-7-35-9-11-39-12-10-35)25(38)19(3)13-23(37)34-22-15-20(26(28,29)30)14-21(16-22)27(31,32)33/h4-6,14-16,19H,7-13H2,1-3H3,(H,34,37). The normalized spacial score (nSPS) is 15.6. The van der Waals surface area contributed by atoms with Gasteiger partial charge in [-0.2, -0.15) is 26.3 Å². The van der Waals surface area contributed by atoms with E-state index in [2.05, 4.69) is 10.2 Å². The van der Waals surface area contributed by atoms with Crippen LogP contribution in [0, 0.1) is 19.8 Å². The molecule has 6 nitrogen and oxygen atoms in total. The zero-order valence-electron chi connectivity index (χ0n) is 21.9. The number of ether oxygens (including phenoxy) is 1. The summed E-state index contributed by atoms with van der Waals surface area (Å²) in [6.07, 6.45) is -10.5. The van der Waals surface area contributed by atoms with Crippen LogP contribution in [-0.2, 0) is 26.7 Å². The van der Waals surface area contributed by atoms with E-state index in [0.717, 1.165) is 11.1 Å². The minimum atomic E-state index is -5.05. The lowest BCUT2D eigenvalue weighted by atomic mass is 10.0. The molecule has 2 aromatic rings. The predicted octanol–water partition coefficient (Wildman–Crippen LogP) is 5.67. The Hall–Kier alpha value is -3.12. The molecular weight excluding hydrogens is 528 g/mol. The van der Waals surface area contributed by atoms with Gasteiger partial charge in [0.15, 0.2) is 0 Å². The zero-order chi connectivity index (χ0) is 29.0. The van der Waals surface area contributed by atoms with Crippen molar-refractivity contribution >= 4 is 23.2 Å². The Bertz CT molecular complexity index is 1120. The van der Waals surface area contributed by atoms with Crippen LogP contribution in [0.4, 0.5) is 37.7 Å². The molecule has 214 valence electrons. The Balaban J connectivity index is 1.78. The third-order valence-corrected chi connectivity index (χ3v) is 6.50. The molecule has 1 saturated heterocycles. The number of para-hydroxylation sites is 1. The molecule has 2 amide bonds. The zero-order valence-corrected chi connectivity index (χ0v) is 21.9. The van der Waals surface area contributed by atoms with Crippen molar-refractivity contribution < 1.29 is 40.7 Å². The third kappa shape index (κ3) is 8.18. The SMILES string of the molecule is Cc1cccc(C)c1N(CCN1CCOCC1)C(=O)C(C)CC(=O)Nc1cc(C(F)(F)F)cc(C(F)(F)F)c1. The highest BCUT2D eigenvalue weighted by atomic mass is 19.4. The van der Waals surface area contributed by atoms with E-state index >= 15 is 0 Å². The number of hydrogen-bond acceptors (Lipinski definition) is 4. The number of hydrogen-bond donors (Lipinski definition) is 1. The van der Waals surface area contributed by atoms with E-state index in [-0.39, 0.29) is 12.0 Å². The molecule has 12 heteroatoms. The summed E-state index contributed by atoms with van der Waals surface area (Å²) in [5.74, 6) is -2.16. The van der Waals surface area contributed by atoms with E-state index < -0.39 is 47.4 Å². The van der Waals surface area contributed by atoms with Crippen molar-refractivity contribution in [2.75, 3.05) is 49.6 Å². The van der Waals surface area contributed by atoms with Crippen LogP contribution in [0.5, 0.6) is 0 Å². The maximum Gasteiger partial charge on any atom is 0.416 e. The van der Waals surface area contributed by atoms with Gasteiger partial charge in [-0.05, 0) is 43.2 Å². The van der Waals surface area contributed by atoms with E-state index in [4.69, 9.17) is 4.74 Å². The molecule has 0 aromatic heterocycles. The van der Waals surface area contributed by atoms with Crippen molar-refractivity contribution in [3.05, 3.63) is 58.7 Å². The van der Waals surface area contributed by atoms with Gasteiger partial charge in [-0.25, -0.2) is 0 Å². The number of carbonyl (C=O) groups excluding carboxylic acids is 2. The summed E-state index contributed by atoms with van der Waals surface area (Å²) >= 11 is 0. The van der Waals surface area contributed by atoms with Crippen LogP contribution in [0.25, 0.3) is 0 Å². The van der Waals surface area contributed by atoms with E-state index in [0.29, 0.717) is 57.2 Å². The molecule has 1 fully saturated rings. The average Bonchev–Trinajstić information content (AvgIpc) is 2.84. The Morgan fingerprint density at radius 3 is 2.03 bits per heavy atom. The molecule has 0 saturated carbocycles. The van der Waals surface area contributed by atoms with Gasteiger partial charge < -0.3 is 15.0 Å². The summed E-state index contributed by atoms with van der Waals surface area (Å²) in [6, 6.07) is 6.44. The molecule has 3 rings (SSSR count). The highest BCUT2D eigenvalue weighted by Crippen LogP contribution is 2.37. The average molecular weight is 560 g/mol. The lowest BCUT2D eigenvalue weighted by molar-refractivity contribution is -0.143. The second kappa shape index (κ2) is 12.4. The minimum absolute atomic E-state index is 0.0152. The molecule has 1 unspecified atom stereocenters. The first-order chi connectivity index (χ1) is 18.2. The van der Waals surface area contributed by atoms with Gasteiger partial charge in [-0.15, -0.1) is 0 Å². The van der Waals surface area contributed by atoms with Gasteiger partial charge in [-0.3, -0.25) is 14.5 Å². The summed E-state index contributed by atoms with van der Waals surface area (Å²) in [5, 5.41) is 2.11. The highest BCUT2D eigenvalue weighted by Gasteiger charge is 2.37. The van der Waals surface area contributed by atoms with Crippen LogP contribution >= 0.6 is 0 Å². The number of carbonyl (C=O) groups is 2. The van der Waals surface area contributed by atoms with Crippen molar-refractivity contribution in [1.29, 1.82) is 0 Å². The summed E-state index contributed by atoms with van der Waals surface area (Å²) in [4.78, 5) is 30.0. The Morgan fingerprint density at radius 2 is 1.51 bits per heavy atom. The Kier molecular flexibility index (Phi) is 9.65. The molecule has 0 radical (unpaired) electrons. The highest BCUT2D eigenvalue weighted by molar-refractivity contribution is 6.00. The third-order valence-electron chi connectivity index (χ3n) is 6.50. The summed E-state index contributed by atoms with van der Waals surface area (Å²) < 4.78 is 84.4. The first-order valence-electron chi connectivity index (χ1n) is 12.4. The van der Waals surface area contributed by atoms with Crippen LogP contribution in [-0.4, -0.2) is 56.1 Å². The molecule has 0 aliphatic carbocycles. The van der Waals surface area contributed by atoms with Gasteiger partial charge in [0.2, 0.25) is 11.8 Å². The quantitative estimate of drug-likeness (QED) is 0.424. The van der Waals surface area contributed by atoms with E-state index in [9.17, 15) is 35.9 Å². The number of amides is 2. The number of benzene rings is 2. The maximum absolute atomic E-state index is 13.6. The largest absolute Gasteiger partial charge is 0.416 e. The van der Waals surface area contributed by atoms with Crippen LogP contribution in [0.2, 0.25) is 0 Å². The van der Waals surface area contributed by atoms with Gasteiger partial charge in [0.25, 0.3) is 0 Å². The second-order valence-corrected chi connectivity index (χ2v) is 9.63. The van der Waals surface area contributed by atoms with Crippen molar-refractivity contribution in [2.45, 2.75) is 39.5 Å². The van der Waals surface area contributed by atoms with Gasteiger partial charge >= 0.3 is 12.4 Å². The van der Waals surface area contributed by atoms with E-state index in [1.807, 2.05) is 32.0 Å². The van der Waals surface area contributed by atoms with Crippen LogP contribution in [0.1, 0.15) is 35.6 Å². The van der Waals surface area contributed by atoms with E-state index in [1.54, 1.807) is 4.90 Å². The summed E-state index contributed by atoms with van der Waals surface area (Å²) in [7, 11) is 0. The predicted molar refractivity (Wildman–Crippen MR) is 134 cm³/mol. The summed E-state index contributed by atoms with van der Waals surface area (Å²) in [6.45, 7) is 8.71. The molecule has 2 aromatic carbocycles. The molecule has 39 heavy (non-hydrogen) atoms. The molecule has 1 aliphatic rings. The van der Waals surface area contributed by atoms with Gasteiger partial charge in [0.05, 0.1) is 24.3 Å². The molecule has 1 N–H and O–H groups in total. The fourth-order valence-corrected chi connectivity index (χ4v) is 4.50. The Labute approximate surface area is 222 Å². The molecular formula is C27H31F6N3O3. The fourth-order valence-electron chi connectivity index (χ4n) is 4.50. The second-order valence-electron chi connectivity index (χ2n) is 9.63. The van der Waals surface area contributed by atoms with Gasteiger partial charge in [0, 0.05) is 49.9 Å². The number of anilines is 2. The minimum Gasteiger partial charge on any atom is -0.379 e. The van der Waals surface area contributed by atoms with Crippen LogP contribution in [0.15, 0.2) is 36.4 Å². The first-order valence-corrected chi connectivity index (χ1v) is 12.4. The molecule has 1 heterocycles. The Morgan fingerprint density at radius 1 is 0.974 bits per heavy atom. The first kappa shape index (κ1) is 30.4. The molecule has 0 spiro atoms. The van der Waals surface area contributed by atoms with Crippen molar-refractivity contribution in [3.8, 4) is 0 Å². The monoisotopic (exact) mass is 559 g/mol. The van der Waals surface area contributed by atoms with Crippen molar-refractivity contribution in [2.24, 2.45) is 5.92 Å². The van der Waals surface area contributed by atoms with Gasteiger partial charge in [-0.1, -0.05) is 25.1 Å². The number of morpholine rings is 1. The van der Waals surface area contributed by atoms with E-state index in [1.165, 1.54) is 6.92 Å². The van der Waals surface area contributed by atoms with Crippen molar-refractivity contribution in [3.63, 3.8) is 0 Å². The number of nitrogens with one attached hydrogen (secondary N) is 1. The lowest BCUT2D eigenvalue weighted by Crippen LogP contribution is -2.45. The van der Waals surface area contributed by atoms with Gasteiger partial charge in [0.1, 0.15) is 0 Å². The summed E-state index contributed by atoms with van der Waals surface area (Å²) in [5.41, 5.74) is -1.32. The lowest BCUT2D eigenvalue weighted by Gasteiger charge is -2.32. The molecule has 1 atom stereocenters. The topological polar surface area (TPSA) is 61.9 Å². The molecule has 1 aliphatic heterocycles. The number of aryl methyl sites for hydroxylation is 2.